The van der Waals surface area contributed by atoms with E-state index in [1.807, 2.05) is 0 Å². The van der Waals surface area contributed by atoms with Gasteiger partial charge in [0.25, 0.3) is 0 Å². The molecule has 1 aliphatic rings. The van der Waals surface area contributed by atoms with Crippen LogP contribution in [0.2, 0.25) is 10.0 Å². The van der Waals surface area contributed by atoms with Crippen molar-refractivity contribution >= 4 is 41.0 Å². The zero-order chi connectivity index (χ0) is 24.7. The second-order valence-electron chi connectivity index (χ2n) is 7.10. The third-order valence-corrected chi connectivity index (χ3v) is 5.22. The maximum Gasteiger partial charge on any atom is 0.342 e. The lowest BCUT2D eigenvalue weighted by atomic mass is 10.1. The number of hydrogen-bond acceptors (Lipinski definition) is 3. The summed E-state index contributed by atoms with van der Waals surface area (Å²) >= 11 is 11.1. The van der Waals surface area contributed by atoms with Crippen molar-refractivity contribution in [3.8, 4) is 0 Å². The van der Waals surface area contributed by atoms with E-state index in [0.29, 0.717) is 0 Å². The van der Waals surface area contributed by atoms with E-state index in [2.05, 4.69) is 0 Å². The molecule has 0 unspecified atom stereocenters. The molecular formula is C20H12Cl2F6N2O3. The number of rotatable bonds is 6. The van der Waals surface area contributed by atoms with Gasteiger partial charge in [-0.2, -0.15) is 17.6 Å². The fourth-order valence-electron chi connectivity index (χ4n) is 3.19. The largest absolute Gasteiger partial charge is 0.342 e. The van der Waals surface area contributed by atoms with Crippen molar-refractivity contribution < 1.29 is 40.7 Å². The van der Waals surface area contributed by atoms with E-state index in [0.717, 1.165) is 36.4 Å². The van der Waals surface area contributed by atoms with Crippen LogP contribution in [0.5, 0.6) is 0 Å². The van der Waals surface area contributed by atoms with E-state index >= 15 is 0 Å². The highest BCUT2D eigenvalue weighted by atomic mass is 35.5. The van der Waals surface area contributed by atoms with Crippen LogP contribution in [-0.2, 0) is 22.4 Å². The van der Waals surface area contributed by atoms with Gasteiger partial charge in [0.1, 0.15) is 18.1 Å². The molecule has 0 N–H and O–H groups in total. The molecule has 33 heavy (non-hydrogen) atoms. The number of alkyl halides is 4. The van der Waals surface area contributed by atoms with Gasteiger partial charge in [-0.3, -0.25) is 9.59 Å². The van der Waals surface area contributed by atoms with Crippen molar-refractivity contribution in [3.63, 3.8) is 0 Å². The minimum absolute atomic E-state index is 0.303. The van der Waals surface area contributed by atoms with Gasteiger partial charge in [0.2, 0.25) is 11.8 Å². The lowest BCUT2D eigenvalue weighted by Gasteiger charge is -2.39. The number of carbonyl (C=O) groups excluding carboxylic acids is 3. The number of carbonyl (C=O) groups is 3. The second kappa shape index (κ2) is 8.86. The maximum atomic E-state index is 14.8. The van der Waals surface area contributed by atoms with E-state index in [1.54, 1.807) is 0 Å². The predicted molar refractivity (Wildman–Crippen MR) is 104 cm³/mol. The van der Waals surface area contributed by atoms with Crippen molar-refractivity contribution in [1.29, 1.82) is 0 Å². The van der Waals surface area contributed by atoms with E-state index in [4.69, 9.17) is 23.2 Å². The van der Waals surface area contributed by atoms with Crippen LogP contribution in [0.1, 0.15) is 17.5 Å². The van der Waals surface area contributed by atoms with Crippen molar-refractivity contribution in [1.82, 2.24) is 9.80 Å². The first kappa shape index (κ1) is 24.8. The first-order valence-corrected chi connectivity index (χ1v) is 9.82. The quantitative estimate of drug-likeness (QED) is 0.295. The average Bonchev–Trinajstić information content (AvgIpc) is 2.66. The van der Waals surface area contributed by atoms with Crippen LogP contribution in [0.25, 0.3) is 0 Å². The number of urea groups is 1. The Morgan fingerprint density at radius 3 is 1.42 bits per heavy atom. The van der Waals surface area contributed by atoms with Gasteiger partial charge < -0.3 is 0 Å². The van der Waals surface area contributed by atoms with Gasteiger partial charge >= 0.3 is 18.1 Å². The van der Waals surface area contributed by atoms with Gasteiger partial charge in [-0.25, -0.2) is 23.4 Å². The molecule has 5 nitrogen and oxygen atoms in total. The van der Waals surface area contributed by atoms with Crippen LogP contribution in [0, 0.1) is 11.6 Å². The molecule has 0 bridgehead atoms. The SMILES string of the molecule is O=C1CC(=O)N(C(F)(F)Cc2ccc(F)c(Cl)c2)C(=O)N1C(F)(F)Cc1ccc(F)c(Cl)c1. The summed E-state index contributed by atoms with van der Waals surface area (Å²) in [5, 5.41) is -1.03. The van der Waals surface area contributed by atoms with Crippen molar-refractivity contribution in [3.05, 3.63) is 69.2 Å². The summed E-state index contributed by atoms with van der Waals surface area (Å²) in [6.45, 7) is 0. The van der Waals surface area contributed by atoms with Crippen molar-refractivity contribution in [2.75, 3.05) is 0 Å². The predicted octanol–water partition coefficient (Wildman–Crippen LogP) is 5.42. The molecule has 0 spiro atoms. The molecule has 176 valence electrons. The highest BCUT2D eigenvalue weighted by Crippen LogP contribution is 2.36. The van der Waals surface area contributed by atoms with E-state index in [1.165, 1.54) is 0 Å². The number of amides is 4. The summed E-state index contributed by atoms with van der Waals surface area (Å²) in [6.07, 6.45) is -4.16. The van der Waals surface area contributed by atoms with E-state index in [-0.39, 0.29) is 11.1 Å². The maximum absolute atomic E-state index is 14.8. The lowest BCUT2D eigenvalue weighted by molar-refractivity contribution is -0.189. The minimum Gasteiger partial charge on any atom is -0.274 e. The fraction of sp³-hybridized carbons (Fsp3) is 0.250. The second-order valence-corrected chi connectivity index (χ2v) is 7.91. The number of barbiturate groups is 1. The monoisotopic (exact) mass is 512 g/mol. The molecule has 0 aromatic heterocycles. The van der Waals surface area contributed by atoms with E-state index in [9.17, 15) is 40.7 Å². The van der Waals surface area contributed by atoms with Crippen LogP contribution in [-0.4, -0.2) is 39.7 Å². The van der Waals surface area contributed by atoms with Gasteiger partial charge in [0.15, 0.2) is 0 Å². The molecule has 2 aromatic rings. The highest BCUT2D eigenvalue weighted by Gasteiger charge is 2.57. The molecule has 1 aliphatic heterocycles. The Bertz CT molecular complexity index is 1060. The number of nitrogens with zero attached hydrogens (tertiary/aromatic N) is 2. The summed E-state index contributed by atoms with van der Waals surface area (Å²) in [4.78, 5) is 35.2. The molecule has 4 amide bonds. The molecule has 1 heterocycles. The van der Waals surface area contributed by atoms with E-state index < -0.39 is 80.7 Å². The topological polar surface area (TPSA) is 57.7 Å². The standard InChI is InChI=1S/C20H12Cl2F6N2O3/c21-12-5-10(1-3-14(12)23)8-19(25,26)29-16(31)7-17(32)30(18(29)33)20(27,28)9-11-2-4-15(24)13(22)6-11/h1-6H,7-9H2. The summed E-state index contributed by atoms with van der Waals surface area (Å²) in [6, 6.07) is -5.97. The highest BCUT2D eigenvalue weighted by molar-refractivity contribution is 6.31. The average molecular weight is 513 g/mol. The zero-order valence-electron chi connectivity index (χ0n) is 16.2. The van der Waals surface area contributed by atoms with Crippen LogP contribution in [0.15, 0.2) is 36.4 Å². The van der Waals surface area contributed by atoms with Crippen molar-refractivity contribution in [2.45, 2.75) is 31.4 Å². The Labute approximate surface area is 192 Å². The Morgan fingerprint density at radius 2 is 1.09 bits per heavy atom. The molecule has 0 saturated carbocycles. The Balaban J connectivity index is 1.90. The van der Waals surface area contributed by atoms with Crippen LogP contribution in [0.4, 0.5) is 31.1 Å². The Morgan fingerprint density at radius 1 is 0.727 bits per heavy atom. The van der Waals surface area contributed by atoms with Gasteiger partial charge in [0, 0.05) is 0 Å². The summed E-state index contributed by atoms with van der Waals surface area (Å²) in [5.41, 5.74) is -0.605. The minimum atomic E-state index is -4.36. The van der Waals surface area contributed by atoms with Gasteiger partial charge in [-0.05, 0) is 35.4 Å². The molecule has 0 atom stereocenters. The van der Waals surface area contributed by atoms with Crippen LogP contribution < -0.4 is 0 Å². The van der Waals surface area contributed by atoms with Crippen LogP contribution >= 0.6 is 23.2 Å². The van der Waals surface area contributed by atoms with Gasteiger partial charge in [-0.15, -0.1) is 0 Å². The summed E-state index contributed by atoms with van der Waals surface area (Å²) in [5.74, 6) is -5.21. The number of halogens is 8. The zero-order valence-corrected chi connectivity index (χ0v) is 17.7. The summed E-state index contributed by atoms with van der Waals surface area (Å²) < 4.78 is 85.9. The molecule has 3 rings (SSSR count). The molecule has 0 aliphatic carbocycles. The smallest absolute Gasteiger partial charge is 0.274 e. The first-order valence-electron chi connectivity index (χ1n) is 9.06. The molecule has 13 heteroatoms. The normalized spacial score (nSPS) is 15.5. The Kier molecular flexibility index (Phi) is 6.67. The Hall–Kier alpha value is -2.79. The molecule has 2 aromatic carbocycles. The molecule has 1 saturated heterocycles. The van der Waals surface area contributed by atoms with Crippen LogP contribution in [0.3, 0.4) is 0 Å². The number of benzene rings is 2. The lowest BCUT2D eigenvalue weighted by Crippen LogP contribution is -2.65. The third-order valence-electron chi connectivity index (χ3n) is 4.64. The third kappa shape index (κ3) is 5.09. The molecule has 0 radical (unpaired) electrons. The first-order chi connectivity index (χ1) is 15.2. The molecular weight excluding hydrogens is 501 g/mol. The summed E-state index contributed by atoms with van der Waals surface area (Å²) in [7, 11) is 0. The van der Waals surface area contributed by atoms with Gasteiger partial charge in [0.05, 0.1) is 22.9 Å². The fourth-order valence-corrected chi connectivity index (χ4v) is 3.60. The van der Waals surface area contributed by atoms with Gasteiger partial charge in [-0.1, -0.05) is 35.3 Å². The number of hydrogen-bond donors (Lipinski definition) is 0. The number of imide groups is 2. The molecule has 1 fully saturated rings. The van der Waals surface area contributed by atoms with Crippen molar-refractivity contribution in [2.24, 2.45) is 0 Å².